The Labute approximate surface area is 122 Å². The van der Waals surface area contributed by atoms with Gasteiger partial charge in [0.1, 0.15) is 5.54 Å². The van der Waals surface area contributed by atoms with Crippen LogP contribution in [0.5, 0.6) is 0 Å². The van der Waals surface area contributed by atoms with E-state index in [0.29, 0.717) is 11.2 Å². The van der Waals surface area contributed by atoms with Crippen LogP contribution in [-0.2, 0) is 11.8 Å². The summed E-state index contributed by atoms with van der Waals surface area (Å²) in [6.45, 7) is 5.02. The van der Waals surface area contributed by atoms with Gasteiger partial charge < -0.3 is 10.4 Å². The van der Waals surface area contributed by atoms with Gasteiger partial charge >= 0.3 is 5.97 Å². The van der Waals surface area contributed by atoms with Crippen molar-refractivity contribution in [2.45, 2.75) is 32.7 Å². The van der Waals surface area contributed by atoms with Crippen molar-refractivity contribution in [3.63, 3.8) is 0 Å². The number of carbonyl (C=O) groups is 2. The van der Waals surface area contributed by atoms with E-state index < -0.39 is 17.4 Å². The van der Waals surface area contributed by atoms with Crippen LogP contribution in [0.4, 0.5) is 0 Å². The minimum atomic E-state index is -1.30. The topological polar surface area (TPSA) is 97.1 Å². The first-order valence-electron chi connectivity index (χ1n) is 6.63. The molecule has 0 fully saturated rings. The van der Waals surface area contributed by atoms with E-state index in [-0.39, 0.29) is 6.42 Å². The van der Waals surface area contributed by atoms with Crippen LogP contribution >= 0.6 is 0 Å². The summed E-state index contributed by atoms with van der Waals surface area (Å²) < 4.78 is 1.64. The highest BCUT2D eigenvalue weighted by atomic mass is 16.4. The van der Waals surface area contributed by atoms with Crippen LogP contribution in [0, 0.1) is 6.92 Å². The second-order valence-corrected chi connectivity index (χ2v) is 5.25. The number of rotatable bonds is 4. The maximum absolute atomic E-state index is 12.2. The quantitative estimate of drug-likeness (QED) is 0.883. The van der Waals surface area contributed by atoms with Crippen LogP contribution in [0.2, 0.25) is 0 Å². The molecule has 2 aromatic rings. The van der Waals surface area contributed by atoms with Gasteiger partial charge in [0.05, 0.1) is 11.3 Å². The fourth-order valence-electron chi connectivity index (χ4n) is 2.05. The molecule has 2 N–H and O–H groups in total. The number of hydrogen-bond donors (Lipinski definition) is 2. The lowest BCUT2D eigenvalue weighted by Gasteiger charge is -2.24. The molecule has 7 heteroatoms. The highest BCUT2D eigenvalue weighted by Crippen LogP contribution is 2.17. The number of carbonyl (C=O) groups excluding carboxylic acids is 1. The number of aryl methyl sites for hydroxylation is 2. The molecule has 0 aromatic carbocycles. The molecule has 0 aliphatic rings. The van der Waals surface area contributed by atoms with Gasteiger partial charge in [0, 0.05) is 18.6 Å². The Kier molecular flexibility index (Phi) is 3.67. The van der Waals surface area contributed by atoms with Crippen LogP contribution in [-0.4, -0.2) is 37.3 Å². The maximum Gasteiger partial charge on any atom is 0.329 e. The van der Waals surface area contributed by atoms with Gasteiger partial charge in [-0.25, -0.2) is 9.78 Å². The van der Waals surface area contributed by atoms with Crippen LogP contribution in [0.25, 0.3) is 11.0 Å². The summed E-state index contributed by atoms with van der Waals surface area (Å²) in [5, 5.41) is 16.8. The summed E-state index contributed by atoms with van der Waals surface area (Å²) in [6, 6.07) is 1.68. The summed E-state index contributed by atoms with van der Waals surface area (Å²) in [4.78, 5) is 27.7. The van der Waals surface area contributed by atoms with Gasteiger partial charge in [-0.1, -0.05) is 6.92 Å². The number of fused-ring (bicyclic) bond motifs is 1. The minimum absolute atomic E-state index is 0.287. The number of aromatic nitrogens is 3. The van der Waals surface area contributed by atoms with E-state index in [0.717, 1.165) is 11.1 Å². The van der Waals surface area contributed by atoms with Gasteiger partial charge in [0.2, 0.25) is 0 Å². The molecular weight excluding hydrogens is 272 g/mol. The number of carboxylic acids is 1. The normalized spacial score (nSPS) is 13.9. The number of aliphatic carboxylic acids is 1. The summed E-state index contributed by atoms with van der Waals surface area (Å²) in [5.74, 6) is -1.52. The minimum Gasteiger partial charge on any atom is -0.480 e. The highest BCUT2D eigenvalue weighted by Gasteiger charge is 2.33. The van der Waals surface area contributed by atoms with Gasteiger partial charge in [-0.15, -0.1) is 0 Å². The molecule has 1 unspecified atom stereocenters. The zero-order valence-electron chi connectivity index (χ0n) is 12.5. The van der Waals surface area contributed by atoms with Crippen molar-refractivity contribution in [2.24, 2.45) is 7.05 Å². The van der Waals surface area contributed by atoms with Crippen LogP contribution in [0.15, 0.2) is 12.3 Å². The average Bonchev–Trinajstić information content (AvgIpc) is 2.73. The largest absolute Gasteiger partial charge is 0.480 e. The van der Waals surface area contributed by atoms with E-state index >= 15 is 0 Å². The molecular formula is C14H18N4O3. The molecule has 0 radical (unpaired) electrons. The second kappa shape index (κ2) is 5.16. The summed E-state index contributed by atoms with van der Waals surface area (Å²) in [7, 11) is 1.78. The molecule has 2 rings (SSSR count). The lowest BCUT2D eigenvalue weighted by Crippen LogP contribution is -2.51. The van der Waals surface area contributed by atoms with Crippen molar-refractivity contribution < 1.29 is 14.7 Å². The molecule has 1 atom stereocenters. The predicted molar refractivity (Wildman–Crippen MR) is 77.0 cm³/mol. The Balaban J connectivity index is 2.36. The number of carboxylic acid groups (broad SMARTS) is 1. The Morgan fingerprint density at radius 1 is 1.48 bits per heavy atom. The first-order valence-corrected chi connectivity index (χ1v) is 6.63. The number of amides is 1. The van der Waals surface area contributed by atoms with Gasteiger partial charge in [-0.2, -0.15) is 5.10 Å². The molecule has 0 aliphatic carbocycles. The third kappa shape index (κ3) is 2.58. The van der Waals surface area contributed by atoms with Gasteiger partial charge in [-0.3, -0.25) is 9.48 Å². The lowest BCUT2D eigenvalue weighted by atomic mass is 9.98. The standard InChI is InChI=1S/C14H18N4O3/c1-5-14(3,13(20)21)16-12(19)9-6-10-8(2)17-18(4)11(10)15-7-9/h6-7H,5H2,1-4H3,(H,16,19)(H,20,21). The average molecular weight is 290 g/mol. The Morgan fingerprint density at radius 2 is 2.14 bits per heavy atom. The molecule has 21 heavy (non-hydrogen) atoms. The van der Waals surface area contributed by atoms with E-state index in [4.69, 9.17) is 0 Å². The van der Waals surface area contributed by atoms with E-state index in [2.05, 4.69) is 15.4 Å². The van der Waals surface area contributed by atoms with E-state index in [1.165, 1.54) is 13.1 Å². The number of hydrogen-bond acceptors (Lipinski definition) is 4. The van der Waals surface area contributed by atoms with E-state index in [1.807, 2.05) is 6.92 Å². The van der Waals surface area contributed by atoms with Gasteiger partial charge in [0.25, 0.3) is 5.91 Å². The third-order valence-corrected chi connectivity index (χ3v) is 3.69. The molecule has 2 aromatic heterocycles. The molecule has 2 heterocycles. The first-order chi connectivity index (χ1) is 9.78. The van der Waals surface area contributed by atoms with Crippen LogP contribution in [0.3, 0.4) is 0 Å². The predicted octanol–water partition coefficient (Wildman–Crippen LogP) is 1.26. The van der Waals surface area contributed by atoms with Crippen LogP contribution in [0.1, 0.15) is 36.3 Å². The van der Waals surface area contributed by atoms with Crippen molar-refractivity contribution in [1.82, 2.24) is 20.1 Å². The fourth-order valence-corrected chi connectivity index (χ4v) is 2.05. The molecule has 0 saturated heterocycles. The van der Waals surface area contributed by atoms with Crippen molar-refractivity contribution >= 4 is 22.9 Å². The highest BCUT2D eigenvalue weighted by molar-refractivity contribution is 5.99. The molecule has 0 spiro atoms. The van der Waals surface area contributed by atoms with Gasteiger partial charge in [-0.05, 0) is 26.3 Å². The Bertz CT molecular complexity index is 722. The molecule has 0 saturated carbocycles. The van der Waals surface area contributed by atoms with Gasteiger partial charge in [0.15, 0.2) is 5.65 Å². The maximum atomic E-state index is 12.2. The van der Waals surface area contributed by atoms with Crippen LogP contribution < -0.4 is 5.32 Å². The number of nitrogens with one attached hydrogen (secondary N) is 1. The van der Waals surface area contributed by atoms with E-state index in [1.54, 1.807) is 24.7 Å². The molecule has 7 nitrogen and oxygen atoms in total. The molecule has 0 bridgehead atoms. The zero-order valence-corrected chi connectivity index (χ0v) is 12.5. The number of nitrogens with zero attached hydrogens (tertiary/aromatic N) is 3. The smallest absolute Gasteiger partial charge is 0.329 e. The summed E-state index contributed by atoms with van der Waals surface area (Å²) >= 11 is 0. The van der Waals surface area contributed by atoms with Crippen molar-refractivity contribution in [2.75, 3.05) is 0 Å². The molecule has 0 aliphatic heterocycles. The zero-order chi connectivity index (χ0) is 15.8. The second-order valence-electron chi connectivity index (χ2n) is 5.25. The van der Waals surface area contributed by atoms with Crippen molar-refractivity contribution in [1.29, 1.82) is 0 Å². The van der Waals surface area contributed by atoms with Crippen molar-refractivity contribution in [3.8, 4) is 0 Å². The summed E-state index contributed by atoms with van der Waals surface area (Å²) in [5.41, 5.74) is 0.474. The first kappa shape index (κ1) is 15.0. The lowest BCUT2D eigenvalue weighted by molar-refractivity contribution is -0.143. The fraction of sp³-hybridized carbons (Fsp3) is 0.429. The number of pyridine rings is 1. The monoisotopic (exact) mass is 290 g/mol. The Hall–Kier alpha value is -2.44. The SMILES string of the molecule is CCC(C)(NC(=O)c1cnc2c(c1)c(C)nn2C)C(=O)O. The molecule has 112 valence electrons. The van der Waals surface area contributed by atoms with Crippen molar-refractivity contribution in [3.05, 3.63) is 23.5 Å². The third-order valence-electron chi connectivity index (χ3n) is 3.69. The molecule has 1 amide bonds. The Morgan fingerprint density at radius 3 is 2.71 bits per heavy atom. The van der Waals surface area contributed by atoms with E-state index in [9.17, 15) is 14.7 Å². The summed E-state index contributed by atoms with van der Waals surface area (Å²) in [6.07, 6.45) is 1.71.